The predicted molar refractivity (Wildman–Crippen MR) is 52.4 cm³/mol. The number of hydrogen-bond donors (Lipinski definition) is 0. The minimum Gasteiger partial charge on any atom is -0.258 e. The second-order valence-corrected chi connectivity index (χ2v) is 3.51. The lowest BCUT2D eigenvalue weighted by Crippen LogP contribution is -2.00. The molecule has 0 aliphatic rings. The third kappa shape index (κ3) is 1.84. The first-order valence-electron chi connectivity index (χ1n) is 4.61. The van der Waals surface area contributed by atoms with E-state index in [4.69, 9.17) is 0 Å². The molecule has 0 amide bonds. The Hall–Kier alpha value is -0.850. The molecule has 1 heterocycles. The Kier molecular flexibility index (Phi) is 2.85. The largest absolute Gasteiger partial charge is 0.258 e. The first kappa shape index (κ1) is 9.24. The molecule has 0 radical (unpaired) electrons. The van der Waals surface area contributed by atoms with Gasteiger partial charge in [0.2, 0.25) is 0 Å². The van der Waals surface area contributed by atoms with Crippen molar-refractivity contribution in [3.05, 3.63) is 29.1 Å². The van der Waals surface area contributed by atoms with Gasteiger partial charge in [0.25, 0.3) is 0 Å². The quantitative estimate of drug-likeness (QED) is 0.653. The fourth-order valence-corrected chi connectivity index (χ4v) is 1.40. The summed E-state index contributed by atoms with van der Waals surface area (Å²) in [5, 5.41) is 0. The average Bonchev–Trinajstić information content (AvgIpc) is 2.04. The first-order chi connectivity index (χ1) is 5.65. The van der Waals surface area contributed by atoms with Crippen LogP contribution < -0.4 is 0 Å². The van der Waals surface area contributed by atoms with Crippen LogP contribution in [0.2, 0.25) is 0 Å². The SMILES string of the molecule is CCc1ccc(C)nc1C(C)C. The molecule has 0 N–H and O–H groups in total. The van der Waals surface area contributed by atoms with Crippen LogP contribution in [0.1, 0.15) is 43.6 Å². The van der Waals surface area contributed by atoms with Crippen molar-refractivity contribution in [3.63, 3.8) is 0 Å². The van der Waals surface area contributed by atoms with Crippen LogP contribution in [0, 0.1) is 6.92 Å². The van der Waals surface area contributed by atoms with Gasteiger partial charge in [0.15, 0.2) is 0 Å². The van der Waals surface area contributed by atoms with E-state index in [1.165, 1.54) is 11.3 Å². The summed E-state index contributed by atoms with van der Waals surface area (Å²) in [4.78, 5) is 4.54. The molecule has 0 unspecified atom stereocenters. The summed E-state index contributed by atoms with van der Waals surface area (Å²) < 4.78 is 0. The topological polar surface area (TPSA) is 12.9 Å². The summed E-state index contributed by atoms with van der Waals surface area (Å²) in [6, 6.07) is 4.28. The fraction of sp³-hybridized carbons (Fsp3) is 0.545. The summed E-state index contributed by atoms with van der Waals surface area (Å²) in [7, 11) is 0. The molecule has 1 nitrogen and oxygen atoms in total. The van der Waals surface area contributed by atoms with E-state index in [1.54, 1.807) is 0 Å². The number of hydrogen-bond acceptors (Lipinski definition) is 1. The van der Waals surface area contributed by atoms with Crippen LogP contribution in [0.25, 0.3) is 0 Å². The molecule has 0 saturated heterocycles. The Balaban J connectivity index is 3.12. The summed E-state index contributed by atoms with van der Waals surface area (Å²) in [6.45, 7) is 8.62. The van der Waals surface area contributed by atoms with Crippen LogP contribution in [0.4, 0.5) is 0 Å². The number of aromatic nitrogens is 1. The highest BCUT2D eigenvalue weighted by atomic mass is 14.7. The zero-order chi connectivity index (χ0) is 9.14. The van der Waals surface area contributed by atoms with E-state index >= 15 is 0 Å². The minimum absolute atomic E-state index is 0.542. The van der Waals surface area contributed by atoms with Gasteiger partial charge in [-0.1, -0.05) is 26.8 Å². The maximum Gasteiger partial charge on any atom is 0.0464 e. The van der Waals surface area contributed by atoms with Gasteiger partial charge in [-0.3, -0.25) is 4.98 Å². The van der Waals surface area contributed by atoms with Crippen molar-refractivity contribution in [2.75, 3.05) is 0 Å². The molecule has 0 saturated carbocycles. The fourth-order valence-electron chi connectivity index (χ4n) is 1.40. The molecule has 12 heavy (non-hydrogen) atoms. The smallest absolute Gasteiger partial charge is 0.0464 e. The molecule has 1 aromatic rings. The van der Waals surface area contributed by atoms with Gasteiger partial charge in [-0.25, -0.2) is 0 Å². The van der Waals surface area contributed by atoms with Crippen molar-refractivity contribution in [3.8, 4) is 0 Å². The highest BCUT2D eigenvalue weighted by molar-refractivity contribution is 5.24. The lowest BCUT2D eigenvalue weighted by molar-refractivity contribution is 0.792. The zero-order valence-electron chi connectivity index (χ0n) is 8.39. The van der Waals surface area contributed by atoms with Crippen LogP contribution in [-0.4, -0.2) is 4.98 Å². The molecular formula is C11H17N. The Bertz CT molecular complexity index is 264. The molecule has 1 rings (SSSR count). The summed E-state index contributed by atoms with van der Waals surface area (Å²) in [6.07, 6.45) is 1.08. The van der Waals surface area contributed by atoms with E-state index in [9.17, 15) is 0 Å². The van der Waals surface area contributed by atoms with Crippen LogP contribution in [0.5, 0.6) is 0 Å². The van der Waals surface area contributed by atoms with E-state index < -0.39 is 0 Å². The van der Waals surface area contributed by atoms with Crippen molar-refractivity contribution in [1.82, 2.24) is 4.98 Å². The lowest BCUT2D eigenvalue weighted by atomic mass is 10.0. The number of aryl methyl sites for hydroxylation is 2. The highest BCUT2D eigenvalue weighted by Gasteiger charge is 2.06. The van der Waals surface area contributed by atoms with Crippen LogP contribution in [0.3, 0.4) is 0 Å². The molecule has 0 fully saturated rings. The van der Waals surface area contributed by atoms with Gasteiger partial charge in [0, 0.05) is 11.4 Å². The molecule has 0 aliphatic carbocycles. The van der Waals surface area contributed by atoms with Gasteiger partial charge in [0.05, 0.1) is 0 Å². The Morgan fingerprint density at radius 2 is 2.00 bits per heavy atom. The van der Waals surface area contributed by atoms with Crippen LogP contribution in [-0.2, 0) is 6.42 Å². The maximum atomic E-state index is 4.54. The van der Waals surface area contributed by atoms with Gasteiger partial charge in [-0.2, -0.15) is 0 Å². The van der Waals surface area contributed by atoms with Crippen LogP contribution in [0.15, 0.2) is 12.1 Å². The van der Waals surface area contributed by atoms with E-state index in [0.29, 0.717) is 5.92 Å². The molecule has 1 heteroatoms. The molecule has 66 valence electrons. The van der Waals surface area contributed by atoms with Crippen LogP contribution >= 0.6 is 0 Å². The van der Waals surface area contributed by atoms with Crippen molar-refractivity contribution >= 4 is 0 Å². The Labute approximate surface area is 74.8 Å². The summed E-state index contributed by atoms with van der Waals surface area (Å²) >= 11 is 0. The van der Waals surface area contributed by atoms with Gasteiger partial charge in [-0.15, -0.1) is 0 Å². The molecule has 0 aromatic carbocycles. The van der Waals surface area contributed by atoms with E-state index in [2.05, 4.69) is 37.9 Å². The monoisotopic (exact) mass is 163 g/mol. The predicted octanol–water partition coefficient (Wildman–Crippen LogP) is 3.08. The average molecular weight is 163 g/mol. The highest BCUT2D eigenvalue weighted by Crippen LogP contribution is 2.17. The maximum absolute atomic E-state index is 4.54. The molecule has 0 spiro atoms. The first-order valence-corrected chi connectivity index (χ1v) is 4.61. The number of rotatable bonds is 2. The van der Waals surface area contributed by atoms with Gasteiger partial charge in [-0.05, 0) is 30.9 Å². The van der Waals surface area contributed by atoms with Crippen molar-refractivity contribution < 1.29 is 0 Å². The van der Waals surface area contributed by atoms with E-state index in [1.807, 2.05) is 6.92 Å². The Morgan fingerprint density at radius 3 is 2.50 bits per heavy atom. The van der Waals surface area contributed by atoms with Crippen molar-refractivity contribution in [2.24, 2.45) is 0 Å². The van der Waals surface area contributed by atoms with Gasteiger partial charge in [0.1, 0.15) is 0 Å². The zero-order valence-corrected chi connectivity index (χ0v) is 8.39. The molecule has 0 atom stereocenters. The number of nitrogens with zero attached hydrogens (tertiary/aromatic N) is 1. The van der Waals surface area contributed by atoms with Crippen molar-refractivity contribution in [2.45, 2.75) is 40.0 Å². The van der Waals surface area contributed by atoms with Gasteiger partial charge >= 0.3 is 0 Å². The number of pyridine rings is 1. The van der Waals surface area contributed by atoms with Crippen molar-refractivity contribution in [1.29, 1.82) is 0 Å². The third-order valence-electron chi connectivity index (χ3n) is 2.08. The molecule has 0 bridgehead atoms. The molecule has 0 aliphatic heterocycles. The van der Waals surface area contributed by atoms with E-state index in [0.717, 1.165) is 12.1 Å². The lowest BCUT2D eigenvalue weighted by Gasteiger charge is -2.10. The summed E-state index contributed by atoms with van der Waals surface area (Å²) in [5.74, 6) is 0.542. The second-order valence-electron chi connectivity index (χ2n) is 3.51. The van der Waals surface area contributed by atoms with E-state index in [-0.39, 0.29) is 0 Å². The summed E-state index contributed by atoms with van der Waals surface area (Å²) in [5.41, 5.74) is 3.77. The normalized spacial score (nSPS) is 10.8. The third-order valence-corrected chi connectivity index (χ3v) is 2.08. The Morgan fingerprint density at radius 1 is 1.33 bits per heavy atom. The minimum atomic E-state index is 0.542. The molecule has 1 aromatic heterocycles. The molecular weight excluding hydrogens is 146 g/mol. The van der Waals surface area contributed by atoms with Gasteiger partial charge < -0.3 is 0 Å². The standard InChI is InChI=1S/C11H17N/c1-5-10-7-6-9(4)12-11(10)8(2)3/h6-8H,5H2,1-4H3. The second kappa shape index (κ2) is 3.70.